The van der Waals surface area contributed by atoms with Crippen LogP contribution in [0.4, 0.5) is 16.2 Å². The number of benzene rings is 1. The number of anilines is 2. The third-order valence-corrected chi connectivity index (χ3v) is 2.11. The van der Waals surface area contributed by atoms with Gasteiger partial charge in [-0.25, -0.2) is 4.79 Å². The molecule has 0 heterocycles. The molecule has 1 aromatic carbocycles. The third-order valence-electron chi connectivity index (χ3n) is 2.11. The largest absolute Gasteiger partial charge is 0.448 e. The first kappa shape index (κ1) is 12.8. The van der Waals surface area contributed by atoms with Crippen LogP contribution in [0.3, 0.4) is 0 Å². The van der Waals surface area contributed by atoms with Crippen molar-refractivity contribution < 1.29 is 14.3 Å². The molecule has 0 aliphatic heterocycles. The minimum absolute atomic E-state index is 0.0977. The number of nitrogens with two attached hydrogens (primary N) is 2. The van der Waals surface area contributed by atoms with E-state index in [4.69, 9.17) is 11.5 Å². The van der Waals surface area contributed by atoms with Gasteiger partial charge in [-0.3, -0.25) is 4.79 Å². The summed E-state index contributed by atoms with van der Waals surface area (Å²) in [6, 6.07) is 5.04. The number of nitrogens with one attached hydrogen (secondary N) is 1. The molecule has 0 saturated heterocycles. The van der Waals surface area contributed by atoms with Gasteiger partial charge in [0.2, 0.25) is 0 Å². The van der Waals surface area contributed by atoms with E-state index in [0.29, 0.717) is 17.8 Å². The second-order valence-electron chi connectivity index (χ2n) is 3.45. The number of ether oxygens (including phenoxy) is 1. The van der Waals surface area contributed by atoms with Crippen LogP contribution in [0.15, 0.2) is 18.2 Å². The summed E-state index contributed by atoms with van der Waals surface area (Å²) in [4.78, 5) is 21.6. The molecule has 1 rings (SSSR count). The highest BCUT2D eigenvalue weighted by atomic mass is 16.5. The minimum Gasteiger partial charge on any atom is -0.448 e. The van der Waals surface area contributed by atoms with Crippen molar-refractivity contribution in [3.8, 4) is 0 Å². The molecule has 1 aromatic rings. The number of hydrogen-bond acceptors (Lipinski definition) is 5. The van der Waals surface area contributed by atoms with Crippen molar-refractivity contribution in [1.82, 2.24) is 0 Å². The predicted molar refractivity (Wildman–Crippen MR) is 64.9 cm³/mol. The number of nitrogen functional groups attached to an aromatic ring is 1. The Morgan fingerprint density at radius 2 is 2.12 bits per heavy atom. The molecular formula is C11H15N3O3. The highest BCUT2D eigenvalue weighted by molar-refractivity contribution is 5.99. The molecule has 0 spiro atoms. The van der Waals surface area contributed by atoms with Crippen molar-refractivity contribution in [3.05, 3.63) is 23.8 Å². The number of Topliss-reactive ketones (excluding diaryl/α,β-unsaturated/α-hetero) is 1. The predicted octanol–water partition coefficient (Wildman–Crippen LogP) is 0.979. The number of carbonyl (C=O) groups is 2. The van der Waals surface area contributed by atoms with Gasteiger partial charge in [-0.05, 0) is 25.1 Å². The van der Waals surface area contributed by atoms with Gasteiger partial charge in [-0.1, -0.05) is 0 Å². The van der Waals surface area contributed by atoms with E-state index in [0.717, 1.165) is 5.69 Å². The number of hydrogen-bond donors (Lipinski definition) is 3. The summed E-state index contributed by atoms with van der Waals surface area (Å²) in [6.07, 6.45) is -0.812. The molecule has 17 heavy (non-hydrogen) atoms. The second-order valence-corrected chi connectivity index (χ2v) is 3.45. The van der Waals surface area contributed by atoms with E-state index < -0.39 is 6.09 Å². The number of rotatable bonds is 5. The van der Waals surface area contributed by atoms with E-state index in [1.165, 1.54) is 6.92 Å². The fourth-order valence-corrected chi connectivity index (χ4v) is 1.32. The zero-order valence-corrected chi connectivity index (χ0v) is 9.53. The zero-order valence-electron chi connectivity index (χ0n) is 9.53. The molecule has 0 fully saturated rings. The molecule has 0 atom stereocenters. The number of amides is 1. The molecule has 1 amide bonds. The smallest absolute Gasteiger partial charge is 0.404 e. The van der Waals surface area contributed by atoms with Gasteiger partial charge >= 0.3 is 6.09 Å². The van der Waals surface area contributed by atoms with Crippen LogP contribution in [0.25, 0.3) is 0 Å². The number of ketones is 1. The second kappa shape index (κ2) is 5.74. The fraction of sp³-hybridized carbons (Fsp3) is 0.273. The van der Waals surface area contributed by atoms with E-state index in [2.05, 4.69) is 10.1 Å². The molecule has 0 radical (unpaired) electrons. The Hall–Kier alpha value is -2.24. The quantitative estimate of drug-likeness (QED) is 0.402. The Morgan fingerprint density at radius 1 is 1.41 bits per heavy atom. The van der Waals surface area contributed by atoms with E-state index in [-0.39, 0.29) is 12.4 Å². The Bertz CT molecular complexity index is 432. The molecule has 6 nitrogen and oxygen atoms in total. The fourth-order valence-electron chi connectivity index (χ4n) is 1.32. The molecule has 0 aliphatic carbocycles. The van der Waals surface area contributed by atoms with E-state index in [1.807, 2.05) is 0 Å². The third kappa shape index (κ3) is 4.02. The Kier molecular flexibility index (Phi) is 4.33. The maximum Gasteiger partial charge on any atom is 0.404 e. The van der Waals surface area contributed by atoms with Gasteiger partial charge in [0.25, 0.3) is 0 Å². The average molecular weight is 237 g/mol. The van der Waals surface area contributed by atoms with Gasteiger partial charge < -0.3 is 21.5 Å². The van der Waals surface area contributed by atoms with Gasteiger partial charge in [-0.15, -0.1) is 0 Å². The van der Waals surface area contributed by atoms with Gasteiger partial charge in [0.1, 0.15) is 6.61 Å². The van der Waals surface area contributed by atoms with Gasteiger partial charge in [0.15, 0.2) is 5.78 Å². The molecular weight excluding hydrogens is 222 g/mol. The highest BCUT2D eigenvalue weighted by Gasteiger charge is 2.05. The lowest BCUT2D eigenvalue weighted by molar-refractivity contribution is 0.101. The molecule has 0 aromatic heterocycles. The maximum absolute atomic E-state index is 11.2. The summed E-state index contributed by atoms with van der Waals surface area (Å²) >= 11 is 0. The first-order valence-corrected chi connectivity index (χ1v) is 5.07. The average Bonchev–Trinajstić information content (AvgIpc) is 2.25. The highest BCUT2D eigenvalue weighted by Crippen LogP contribution is 2.18. The molecule has 0 saturated carbocycles. The van der Waals surface area contributed by atoms with Crippen molar-refractivity contribution in [2.75, 3.05) is 24.2 Å². The van der Waals surface area contributed by atoms with Crippen molar-refractivity contribution >= 4 is 23.3 Å². The number of carbonyl (C=O) groups excluding carboxylic acids is 2. The van der Waals surface area contributed by atoms with Crippen molar-refractivity contribution in [3.63, 3.8) is 0 Å². The zero-order chi connectivity index (χ0) is 12.8. The first-order chi connectivity index (χ1) is 8.00. The summed E-state index contributed by atoms with van der Waals surface area (Å²) in [6.45, 7) is 2.02. The Labute approximate surface area is 98.9 Å². The summed E-state index contributed by atoms with van der Waals surface area (Å²) < 4.78 is 4.55. The van der Waals surface area contributed by atoms with Crippen LogP contribution >= 0.6 is 0 Å². The van der Waals surface area contributed by atoms with Crippen molar-refractivity contribution in [2.24, 2.45) is 5.73 Å². The lowest BCUT2D eigenvalue weighted by Gasteiger charge is -2.09. The van der Waals surface area contributed by atoms with Crippen LogP contribution < -0.4 is 16.8 Å². The van der Waals surface area contributed by atoms with Crippen LogP contribution in [0.2, 0.25) is 0 Å². The molecule has 6 heteroatoms. The lowest BCUT2D eigenvalue weighted by Crippen LogP contribution is -2.18. The molecule has 5 N–H and O–H groups in total. The molecule has 92 valence electrons. The van der Waals surface area contributed by atoms with E-state index in [1.54, 1.807) is 18.2 Å². The SMILES string of the molecule is CC(=O)c1cc(NCCOC(N)=O)ccc1N. The topological polar surface area (TPSA) is 107 Å². The van der Waals surface area contributed by atoms with E-state index >= 15 is 0 Å². The van der Waals surface area contributed by atoms with Crippen molar-refractivity contribution in [1.29, 1.82) is 0 Å². The van der Waals surface area contributed by atoms with Gasteiger partial charge in [0, 0.05) is 23.5 Å². The summed E-state index contributed by atoms with van der Waals surface area (Å²) in [5, 5.41) is 2.98. The normalized spacial score (nSPS) is 9.71. The summed E-state index contributed by atoms with van der Waals surface area (Å²) in [7, 11) is 0. The summed E-state index contributed by atoms with van der Waals surface area (Å²) in [5.41, 5.74) is 12.1. The van der Waals surface area contributed by atoms with Crippen LogP contribution in [0.5, 0.6) is 0 Å². The van der Waals surface area contributed by atoms with Crippen LogP contribution in [0.1, 0.15) is 17.3 Å². The Morgan fingerprint density at radius 3 is 2.71 bits per heavy atom. The van der Waals surface area contributed by atoms with Gasteiger partial charge in [-0.2, -0.15) is 0 Å². The molecule has 0 bridgehead atoms. The Balaban J connectivity index is 2.57. The van der Waals surface area contributed by atoms with Gasteiger partial charge in [0.05, 0.1) is 0 Å². The van der Waals surface area contributed by atoms with Crippen LogP contribution in [-0.4, -0.2) is 25.0 Å². The van der Waals surface area contributed by atoms with Crippen LogP contribution in [-0.2, 0) is 4.74 Å². The molecule has 0 aliphatic rings. The monoisotopic (exact) mass is 237 g/mol. The first-order valence-electron chi connectivity index (χ1n) is 5.07. The number of primary amides is 1. The van der Waals surface area contributed by atoms with E-state index in [9.17, 15) is 9.59 Å². The van der Waals surface area contributed by atoms with Crippen molar-refractivity contribution in [2.45, 2.75) is 6.92 Å². The lowest BCUT2D eigenvalue weighted by atomic mass is 10.1. The minimum atomic E-state index is -0.812. The standard InChI is InChI=1S/C11H15N3O3/c1-7(15)9-6-8(2-3-10(9)12)14-4-5-17-11(13)16/h2-3,6,14H,4-5,12H2,1H3,(H2,13,16). The summed E-state index contributed by atoms with van der Waals surface area (Å²) in [5.74, 6) is -0.0977. The maximum atomic E-state index is 11.2. The van der Waals surface area contributed by atoms with Crippen LogP contribution in [0, 0.1) is 0 Å². The molecule has 0 unspecified atom stereocenters.